The zero-order valence-electron chi connectivity index (χ0n) is 10.1. The molecule has 3 nitrogen and oxygen atoms in total. The van der Waals surface area contributed by atoms with E-state index in [-0.39, 0.29) is 16.5 Å². The van der Waals surface area contributed by atoms with Crippen LogP contribution in [-0.4, -0.2) is 19.2 Å². The van der Waals surface area contributed by atoms with Crippen LogP contribution in [0.3, 0.4) is 0 Å². The Bertz CT molecular complexity index is 430. The molecule has 0 atom stereocenters. The molecule has 0 aliphatic rings. The molecule has 5 heteroatoms. The van der Waals surface area contributed by atoms with E-state index in [2.05, 4.69) is 4.98 Å². The predicted molar refractivity (Wildman–Crippen MR) is 62.6 cm³/mol. The second-order valence-corrected chi connectivity index (χ2v) is 5.09. The minimum Gasteiger partial charge on any atom is -0.239 e. The molecule has 0 saturated heterocycles. The van der Waals surface area contributed by atoms with Crippen molar-refractivity contribution in [3.05, 3.63) is 23.6 Å². The lowest BCUT2D eigenvalue weighted by atomic mass is 10.4. The average Bonchev–Trinajstić information content (AvgIpc) is 2.25. The molecular weight excluding hydrogens is 229 g/mol. The fourth-order valence-corrected chi connectivity index (χ4v) is 2.37. The van der Waals surface area contributed by atoms with Crippen LogP contribution in [0.2, 0.25) is 0 Å². The smallest absolute Gasteiger partial charge is 0.195 e. The third kappa shape index (κ3) is 3.89. The summed E-state index contributed by atoms with van der Waals surface area (Å²) >= 11 is 0. The van der Waals surface area contributed by atoms with Crippen LogP contribution in [-0.2, 0) is 9.84 Å². The molecule has 1 aromatic rings. The Morgan fingerprint density at radius 2 is 1.88 bits per heavy atom. The Kier molecular flexibility index (Phi) is 6.18. The van der Waals surface area contributed by atoms with Crippen molar-refractivity contribution in [3.8, 4) is 0 Å². The molecule has 0 amide bonds. The SMILES string of the molecule is CC.CCCS(=O)(=O)c1ccc(F)c(C)n1. The van der Waals surface area contributed by atoms with Crippen molar-refractivity contribution in [3.63, 3.8) is 0 Å². The predicted octanol–water partition coefficient (Wildman–Crippen LogP) is 2.74. The van der Waals surface area contributed by atoms with Crippen LogP contribution in [0.5, 0.6) is 0 Å². The van der Waals surface area contributed by atoms with Crippen LogP contribution in [0, 0.1) is 12.7 Å². The van der Waals surface area contributed by atoms with Crippen molar-refractivity contribution in [2.24, 2.45) is 0 Å². The Hall–Kier alpha value is -0.970. The van der Waals surface area contributed by atoms with Crippen LogP contribution >= 0.6 is 0 Å². The van der Waals surface area contributed by atoms with Crippen molar-refractivity contribution in [2.45, 2.75) is 39.1 Å². The van der Waals surface area contributed by atoms with E-state index in [1.54, 1.807) is 6.92 Å². The van der Waals surface area contributed by atoms with Gasteiger partial charge < -0.3 is 0 Å². The molecule has 0 N–H and O–H groups in total. The Morgan fingerprint density at radius 1 is 1.31 bits per heavy atom. The van der Waals surface area contributed by atoms with Gasteiger partial charge in [-0.05, 0) is 25.5 Å². The van der Waals surface area contributed by atoms with Crippen molar-refractivity contribution < 1.29 is 12.8 Å². The lowest BCUT2D eigenvalue weighted by Crippen LogP contribution is -2.09. The molecule has 0 aliphatic heterocycles. The first-order valence-corrected chi connectivity index (χ1v) is 6.98. The van der Waals surface area contributed by atoms with Gasteiger partial charge in [-0.25, -0.2) is 17.8 Å². The van der Waals surface area contributed by atoms with E-state index in [1.165, 1.54) is 13.0 Å². The number of sulfone groups is 1. The minimum atomic E-state index is -3.33. The Balaban J connectivity index is 0.00000106. The normalized spacial score (nSPS) is 10.6. The van der Waals surface area contributed by atoms with Crippen LogP contribution in [0.15, 0.2) is 17.2 Å². The van der Waals surface area contributed by atoms with Crippen LogP contribution in [0.25, 0.3) is 0 Å². The first-order valence-electron chi connectivity index (χ1n) is 5.33. The summed E-state index contributed by atoms with van der Waals surface area (Å²) in [6, 6.07) is 2.33. The number of halogens is 1. The first kappa shape index (κ1) is 15.0. The highest BCUT2D eigenvalue weighted by Crippen LogP contribution is 2.11. The van der Waals surface area contributed by atoms with Gasteiger partial charge in [0, 0.05) is 0 Å². The molecule has 1 rings (SSSR count). The van der Waals surface area contributed by atoms with Gasteiger partial charge in [0.15, 0.2) is 14.9 Å². The summed E-state index contributed by atoms with van der Waals surface area (Å²) in [6.45, 7) is 7.22. The summed E-state index contributed by atoms with van der Waals surface area (Å²) < 4.78 is 35.8. The molecule has 1 aromatic heterocycles. The third-order valence-electron chi connectivity index (χ3n) is 1.79. The highest BCUT2D eigenvalue weighted by Gasteiger charge is 2.15. The third-order valence-corrected chi connectivity index (χ3v) is 3.60. The number of aromatic nitrogens is 1. The molecular formula is C11H18FNO2S. The van der Waals surface area contributed by atoms with Gasteiger partial charge >= 0.3 is 0 Å². The van der Waals surface area contributed by atoms with E-state index in [0.29, 0.717) is 6.42 Å². The van der Waals surface area contributed by atoms with Crippen molar-refractivity contribution in [1.29, 1.82) is 0 Å². The fraction of sp³-hybridized carbons (Fsp3) is 0.545. The van der Waals surface area contributed by atoms with Crippen molar-refractivity contribution in [2.75, 3.05) is 5.75 Å². The highest BCUT2D eigenvalue weighted by atomic mass is 32.2. The summed E-state index contributed by atoms with van der Waals surface area (Å²) in [4.78, 5) is 3.70. The van der Waals surface area contributed by atoms with Gasteiger partial charge in [0.1, 0.15) is 5.82 Å². The number of rotatable bonds is 3. The summed E-state index contributed by atoms with van der Waals surface area (Å²) in [7, 11) is -3.33. The van der Waals surface area contributed by atoms with Gasteiger partial charge in [0.25, 0.3) is 0 Å². The Labute approximate surface area is 96.6 Å². The number of hydrogen-bond acceptors (Lipinski definition) is 3. The zero-order valence-corrected chi connectivity index (χ0v) is 10.9. The molecule has 0 spiro atoms. The largest absolute Gasteiger partial charge is 0.239 e. The van der Waals surface area contributed by atoms with E-state index in [9.17, 15) is 12.8 Å². The van der Waals surface area contributed by atoms with E-state index < -0.39 is 15.7 Å². The van der Waals surface area contributed by atoms with Crippen molar-refractivity contribution in [1.82, 2.24) is 4.98 Å². The lowest BCUT2D eigenvalue weighted by Gasteiger charge is -2.02. The molecule has 16 heavy (non-hydrogen) atoms. The fourth-order valence-electron chi connectivity index (χ4n) is 1.07. The minimum absolute atomic E-state index is 0.0433. The topological polar surface area (TPSA) is 47.0 Å². The van der Waals surface area contributed by atoms with Gasteiger partial charge in [-0.2, -0.15) is 0 Å². The van der Waals surface area contributed by atoms with Crippen LogP contribution in [0.4, 0.5) is 4.39 Å². The molecule has 0 unspecified atom stereocenters. The van der Waals surface area contributed by atoms with Crippen LogP contribution in [0.1, 0.15) is 32.9 Å². The monoisotopic (exact) mass is 247 g/mol. The molecule has 0 aromatic carbocycles. The number of aryl methyl sites for hydroxylation is 1. The van der Waals surface area contributed by atoms with Gasteiger partial charge in [-0.15, -0.1) is 0 Å². The second kappa shape index (κ2) is 6.58. The van der Waals surface area contributed by atoms with Crippen LogP contribution < -0.4 is 0 Å². The number of hydrogen-bond donors (Lipinski definition) is 0. The maximum atomic E-state index is 12.8. The molecule has 0 aliphatic carbocycles. The number of nitrogens with zero attached hydrogens (tertiary/aromatic N) is 1. The lowest BCUT2D eigenvalue weighted by molar-refractivity contribution is 0.583. The summed E-state index contributed by atoms with van der Waals surface area (Å²) in [5.41, 5.74) is 0.113. The number of pyridine rings is 1. The van der Waals surface area contributed by atoms with E-state index in [0.717, 1.165) is 6.07 Å². The summed E-state index contributed by atoms with van der Waals surface area (Å²) in [5, 5.41) is -0.0433. The van der Waals surface area contributed by atoms with Gasteiger partial charge in [0.2, 0.25) is 0 Å². The standard InChI is InChI=1S/C9H12FNO2S.C2H6/c1-3-6-14(12,13)9-5-4-8(10)7(2)11-9;1-2/h4-5H,3,6H2,1-2H3;1-2H3. The van der Waals surface area contributed by atoms with Gasteiger partial charge in [0.05, 0.1) is 11.4 Å². The Morgan fingerprint density at radius 3 is 2.31 bits per heavy atom. The maximum absolute atomic E-state index is 12.8. The second-order valence-electron chi connectivity index (χ2n) is 3.04. The quantitative estimate of drug-likeness (QED) is 0.825. The zero-order chi connectivity index (χ0) is 12.8. The average molecular weight is 247 g/mol. The molecule has 0 fully saturated rings. The van der Waals surface area contributed by atoms with Crippen molar-refractivity contribution >= 4 is 9.84 Å². The van der Waals surface area contributed by atoms with E-state index >= 15 is 0 Å². The summed E-state index contributed by atoms with van der Waals surface area (Å²) in [5.74, 6) is -0.439. The van der Waals surface area contributed by atoms with Gasteiger partial charge in [-0.1, -0.05) is 20.8 Å². The van der Waals surface area contributed by atoms with E-state index in [4.69, 9.17) is 0 Å². The molecule has 0 radical (unpaired) electrons. The summed E-state index contributed by atoms with van der Waals surface area (Å²) in [6.07, 6.45) is 0.528. The molecule has 0 bridgehead atoms. The maximum Gasteiger partial charge on any atom is 0.195 e. The molecule has 92 valence electrons. The first-order chi connectivity index (χ1) is 7.47. The molecule has 1 heterocycles. The van der Waals surface area contributed by atoms with Gasteiger partial charge in [-0.3, -0.25) is 0 Å². The molecule has 0 saturated carbocycles. The van der Waals surface area contributed by atoms with E-state index in [1.807, 2.05) is 13.8 Å². The highest BCUT2D eigenvalue weighted by molar-refractivity contribution is 7.91.